The van der Waals surface area contributed by atoms with Crippen molar-refractivity contribution in [2.24, 2.45) is 0 Å². The van der Waals surface area contributed by atoms with E-state index in [0.717, 1.165) is 17.9 Å². The van der Waals surface area contributed by atoms with Gasteiger partial charge in [0, 0.05) is 18.0 Å². The monoisotopic (exact) mass is 287 g/mol. The van der Waals surface area contributed by atoms with Gasteiger partial charge in [-0.3, -0.25) is 4.68 Å². The van der Waals surface area contributed by atoms with E-state index in [1.165, 1.54) is 5.56 Å². The molecule has 1 unspecified atom stereocenters. The van der Waals surface area contributed by atoms with Gasteiger partial charge < -0.3 is 5.32 Å². The average Bonchev–Trinajstić information content (AvgIpc) is 2.62. The number of hydrogen-bond acceptors (Lipinski definition) is 4. The lowest BCUT2D eigenvalue weighted by molar-refractivity contribution is 0.576. The van der Waals surface area contributed by atoms with Crippen molar-refractivity contribution in [3.05, 3.63) is 17.0 Å². The van der Waals surface area contributed by atoms with Crippen molar-refractivity contribution >= 4 is 9.84 Å². The van der Waals surface area contributed by atoms with E-state index in [4.69, 9.17) is 0 Å². The average molecular weight is 287 g/mol. The number of likely N-dealkylation sites (N-methyl/N-ethyl adjacent to an activating group) is 1. The SMILES string of the molecule is CCS(=O)(=O)CCn1nc(C)c(C(C)CNC)c1C. The van der Waals surface area contributed by atoms with Gasteiger partial charge in [0.1, 0.15) is 0 Å². The highest BCUT2D eigenvalue weighted by molar-refractivity contribution is 7.91. The minimum Gasteiger partial charge on any atom is -0.319 e. The Morgan fingerprint density at radius 2 is 2.00 bits per heavy atom. The Labute approximate surface area is 116 Å². The fraction of sp³-hybridized carbons (Fsp3) is 0.769. The van der Waals surface area contributed by atoms with Crippen molar-refractivity contribution in [3.8, 4) is 0 Å². The highest BCUT2D eigenvalue weighted by Gasteiger charge is 2.18. The van der Waals surface area contributed by atoms with Crippen LogP contribution < -0.4 is 5.32 Å². The number of rotatable bonds is 7. The van der Waals surface area contributed by atoms with Crippen LogP contribution in [0.3, 0.4) is 0 Å². The first-order valence-electron chi connectivity index (χ1n) is 6.71. The van der Waals surface area contributed by atoms with Crippen LogP contribution >= 0.6 is 0 Å². The molecule has 0 bridgehead atoms. The molecule has 0 saturated heterocycles. The van der Waals surface area contributed by atoms with Gasteiger partial charge >= 0.3 is 0 Å². The van der Waals surface area contributed by atoms with Crippen molar-refractivity contribution in [3.63, 3.8) is 0 Å². The minimum absolute atomic E-state index is 0.158. The van der Waals surface area contributed by atoms with Crippen LogP contribution in [0.1, 0.15) is 36.7 Å². The van der Waals surface area contributed by atoms with Gasteiger partial charge in [-0.05, 0) is 32.4 Å². The maximum absolute atomic E-state index is 11.6. The summed E-state index contributed by atoms with van der Waals surface area (Å²) in [5.41, 5.74) is 3.30. The third-order valence-electron chi connectivity index (χ3n) is 3.49. The van der Waals surface area contributed by atoms with Crippen LogP contribution in [-0.4, -0.2) is 43.3 Å². The van der Waals surface area contributed by atoms with Gasteiger partial charge in [-0.25, -0.2) is 8.42 Å². The van der Waals surface area contributed by atoms with Gasteiger partial charge in [0.05, 0.1) is 18.0 Å². The van der Waals surface area contributed by atoms with E-state index in [0.29, 0.717) is 12.5 Å². The summed E-state index contributed by atoms with van der Waals surface area (Å²) in [5.74, 6) is 0.724. The van der Waals surface area contributed by atoms with E-state index in [2.05, 4.69) is 17.3 Å². The van der Waals surface area contributed by atoms with Gasteiger partial charge in [-0.1, -0.05) is 13.8 Å². The molecule has 1 heterocycles. The Balaban J connectivity index is 2.91. The van der Waals surface area contributed by atoms with Crippen LogP contribution in [0.4, 0.5) is 0 Å². The molecule has 1 rings (SSSR count). The quantitative estimate of drug-likeness (QED) is 0.820. The van der Waals surface area contributed by atoms with Crippen molar-refractivity contribution < 1.29 is 8.42 Å². The molecule has 19 heavy (non-hydrogen) atoms. The normalized spacial score (nSPS) is 13.7. The second kappa shape index (κ2) is 6.52. The van der Waals surface area contributed by atoms with E-state index < -0.39 is 9.84 Å². The van der Waals surface area contributed by atoms with Crippen LogP contribution in [0, 0.1) is 13.8 Å². The largest absolute Gasteiger partial charge is 0.319 e. The lowest BCUT2D eigenvalue weighted by atomic mass is 9.99. The van der Waals surface area contributed by atoms with Gasteiger partial charge in [0.15, 0.2) is 9.84 Å². The van der Waals surface area contributed by atoms with Crippen LogP contribution in [0.5, 0.6) is 0 Å². The molecule has 0 aliphatic heterocycles. The smallest absolute Gasteiger partial charge is 0.151 e. The van der Waals surface area contributed by atoms with E-state index in [-0.39, 0.29) is 11.5 Å². The van der Waals surface area contributed by atoms with Crippen LogP contribution in [0.15, 0.2) is 0 Å². The topological polar surface area (TPSA) is 64.0 Å². The zero-order valence-corrected chi connectivity index (χ0v) is 13.3. The molecule has 6 heteroatoms. The molecule has 0 saturated carbocycles. The molecule has 1 aromatic rings. The Morgan fingerprint density at radius 3 is 2.53 bits per heavy atom. The van der Waals surface area contributed by atoms with Crippen LogP contribution in [-0.2, 0) is 16.4 Å². The summed E-state index contributed by atoms with van der Waals surface area (Å²) >= 11 is 0. The standard InChI is InChI=1S/C13H25N3O2S/c1-6-19(17,18)8-7-16-12(4)13(11(3)15-16)10(2)9-14-5/h10,14H,6-9H2,1-5H3. The molecule has 0 aliphatic rings. The first-order valence-corrected chi connectivity index (χ1v) is 8.53. The lowest BCUT2D eigenvalue weighted by Crippen LogP contribution is -2.17. The number of sulfone groups is 1. The molecule has 0 spiro atoms. The molecular formula is C13H25N3O2S. The number of aromatic nitrogens is 2. The summed E-state index contributed by atoms with van der Waals surface area (Å²) in [6.07, 6.45) is 0. The Kier molecular flexibility index (Phi) is 5.55. The molecule has 1 aromatic heterocycles. The van der Waals surface area contributed by atoms with Crippen molar-refractivity contribution in [2.75, 3.05) is 25.1 Å². The van der Waals surface area contributed by atoms with Gasteiger partial charge in [-0.2, -0.15) is 5.10 Å². The number of nitrogens with zero attached hydrogens (tertiary/aromatic N) is 2. The van der Waals surface area contributed by atoms with E-state index in [1.807, 2.05) is 25.6 Å². The van der Waals surface area contributed by atoms with E-state index in [1.54, 1.807) is 6.92 Å². The highest BCUT2D eigenvalue weighted by Crippen LogP contribution is 2.22. The maximum Gasteiger partial charge on any atom is 0.151 e. The number of nitrogens with one attached hydrogen (secondary N) is 1. The molecule has 0 amide bonds. The fourth-order valence-corrected chi connectivity index (χ4v) is 3.16. The van der Waals surface area contributed by atoms with Gasteiger partial charge in [0.25, 0.3) is 0 Å². The fourth-order valence-electron chi connectivity index (χ4n) is 2.42. The second-order valence-corrected chi connectivity index (χ2v) is 7.48. The van der Waals surface area contributed by atoms with E-state index in [9.17, 15) is 8.42 Å². The van der Waals surface area contributed by atoms with Crippen molar-refractivity contribution in [1.29, 1.82) is 0 Å². The number of aryl methyl sites for hydroxylation is 2. The predicted octanol–water partition coefficient (Wildman–Crippen LogP) is 1.26. The van der Waals surface area contributed by atoms with Gasteiger partial charge in [-0.15, -0.1) is 0 Å². The minimum atomic E-state index is -2.94. The molecule has 110 valence electrons. The van der Waals surface area contributed by atoms with Crippen molar-refractivity contribution in [2.45, 2.75) is 40.2 Å². The maximum atomic E-state index is 11.6. The summed E-state index contributed by atoms with van der Waals surface area (Å²) in [6, 6.07) is 0. The lowest BCUT2D eigenvalue weighted by Gasteiger charge is -2.12. The Bertz CT molecular complexity index is 520. The molecule has 5 nitrogen and oxygen atoms in total. The highest BCUT2D eigenvalue weighted by atomic mass is 32.2. The summed E-state index contributed by atoms with van der Waals surface area (Å²) in [5, 5.41) is 7.64. The third kappa shape index (κ3) is 4.04. The summed E-state index contributed by atoms with van der Waals surface area (Å²) in [7, 11) is -1.01. The predicted molar refractivity (Wildman–Crippen MR) is 78.4 cm³/mol. The van der Waals surface area contributed by atoms with Gasteiger partial charge in [0.2, 0.25) is 0 Å². The molecule has 0 aromatic carbocycles. The Morgan fingerprint density at radius 1 is 1.37 bits per heavy atom. The molecular weight excluding hydrogens is 262 g/mol. The first kappa shape index (κ1) is 16.2. The molecule has 1 N–H and O–H groups in total. The van der Waals surface area contributed by atoms with E-state index >= 15 is 0 Å². The van der Waals surface area contributed by atoms with Crippen molar-refractivity contribution in [1.82, 2.24) is 15.1 Å². The first-order chi connectivity index (χ1) is 8.82. The summed E-state index contributed by atoms with van der Waals surface area (Å²) in [4.78, 5) is 0. The number of hydrogen-bond donors (Lipinski definition) is 1. The second-order valence-electron chi connectivity index (χ2n) is 5.00. The Hall–Kier alpha value is -0.880. The van der Waals surface area contributed by atoms with Crippen LogP contribution in [0.2, 0.25) is 0 Å². The summed E-state index contributed by atoms with van der Waals surface area (Å²) in [6.45, 7) is 9.16. The van der Waals surface area contributed by atoms with Crippen LogP contribution in [0.25, 0.3) is 0 Å². The third-order valence-corrected chi connectivity index (χ3v) is 5.18. The summed E-state index contributed by atoms with van der Waals surface area (Å²) < 4.78 is 24.9. The zero-order chi connectivity index (χ0) is 14.6. The molecule has 0 fully saturated rings. The molecule has 0 aliphatic carbocycles. The molecule has 1 atom stereocenters. The zero-order valence-electron chi connectivity index (χ0n) is 12.5. The molecule has 0 radical (unpaired) electrons.